The number of rotatable bonds is 2. The van der Waals surface area contributed by atoms with Crippen molar-refractivity contribution < 1.29 is 0 Å². The van der Waals surface area contributed by atoms with E-state index in [1.165, 1.54) is 6.42 Å². The Balaban J connectivity index is 2.05. The van der Waals surface area contributed by atoms with Crippen molar-refractivity contribution in [2.45, 2.75) is 25.8 Å². The molecule has 0 aliphatic carbocycles. The van der Waals surface area contributed by atoms with Crippen LogP contribution < -0.4 is 10.6 Å². The number of benzene rings is 1. The lowest BCUT2D eigenvalue weighted by molar-refractivity contribution is 0.372. The molecule has 1 aliphatic heterocycles. The number of nitrogens with zero attached hydrogens (tertiary/aromatic N) is 3. The molecule has 0 saturated carbocycles. The van der Waals surface area contributed by atoms with E-state index < -0.39 is 0 Å². The molecule has 108 valence electrons. The Morgan fingerprint density at radius 2 is 2.19 bits per heavy atom. The van der Waals surface area contributed by atoms with E-state index in [1.54, 1.807) is 0 Å². The molecule has 1 saturated heterocycles. The minimum Gasteiger partial charge on any atom is -0.354 e. The Kier molecular flexibility index (Phi) is 3.76. The van der Waals surface area contributed by atoms with Gasteiger partial charge in [-0.2, -0.15) is 5.26 Å². The van der Waals surface area contributed by atoms with Crippen LogP contribution in [-0.4, -0.2) is 24.1 Å². The monoisotopic (exact) mass is 280 g/mol. The molecule has 2 heterocycles. The predicted molar refractivity (Wildman–Crippen MR) is 85.0 cm³/mol. The van der Waals surface area contributed by atoms with Gasteiger partial charge < -0.3 is 10.6 Å². The fourth-order valence-corrected chi connectivity index (χ4v) is 3.09. The van der Waals surface area contributed by atoms with Crippen LogP contribution in [0.3, 0.4) is 0 Å². The maximum atomic E-state index is 9.41. The van der Waals surface area contributed by atoms with Gasteiger partial charge in [0.05, 0.1) is 17.1 Å². The molecule has 1 aromatic heterocycles. The molecule has 0 bridgehead atoms. The average Bonchev–Trinajstić information content (AvgIpc) is 2.54. The van der Waals surface area contributed by atoms with Crippen LogP contribution in [0.2, 0.25) is 0 Å². The highest BCUT2D eigenvalue weighted by molar-refractivity contribution is 5.86. The maximum Gasteiger partial charge on any atom is 0.130 e. The van der Waals surface area contributed by atoms with Gasteiger partial charge in [0.25, 0.3) is 0 Å². The summed E-state index contributed by atoms with van der Waals surface area (Å²) in [7, 11) is 0. The van der Waals surface area contributed by atoms with Gasteiger partial charge in [-0.1, -0.05) is 18.2 Å². The SMILES string of the molecule is CC1CCC(CN)CN1c1cc(C#N)c2ccccc2n1. The van der Waals surface area contributed by atoms with Gasteiger partial charge in [-0.05, 0) is 44.4 Å². The number of piperidine rings is 1. The molecule has 2 N–H and O–H groups in total. The number of aromatic nitrogens is 1. The second-order valence-corrected chi connectivity index (χ2v) is 5.84. The Morgan fingerprint density at radius 1 is 1.38 bits per heavy atom. The number of pyridine rings is 1. The van der Waals surface area contributed by atoms with E-state index in [0.29, 0.717) is 24.1 Å². The minimum atomic E-state index is 0.438. The van der Waals surface area contributed by atoms with Gasteiger partial charge in [0.15, 0.2) is 0 Å². The van der Waals surface area contributed by atoms with Crippen molar-refractivity contribution in [2.24, 2.45) is 11.7 Å². The number of para-hydroxylation sites is 1. The van der Waals surface area contributed by atoms with Crippen molar-refractivity contribution in [3.8, 4) is 6.07 Å². The first-order valence-corrected chi connectivity index (χ1v) is 7.49. The fourth-order valence-electron chi connectivity index (χ4n) is 3.09. The van der Waals surface area contributed by atoms with Crippen LogP contribution >= 0.6 is 0 Å². The van der Waals surface area contributed by atoms with E-state index in [2.05, 4.69) is 17.9 Å². The standard InChI is InChI=1S/C17H20N4/c1-12-6-7-13(9-18)11-21(12)17-8-14(10-19)15-4-2-3-5-16(15)20-17/h2-5,8,12-13H,6-7,9,11,18H2,1H3. The molecule has 4 heteroatoms. The summed E-state index contributed by atoms with van der Waals surface area (Å²) in [6.07, 6.45) is 2.30. The van der Waals surface area contributed by atoms with Gasteiger partial charge in [-0.15, -0.1) is 0 Å². The number of hydrogen-bond donors (Lipinski definition) is 1. The highest BCUT2D eigenvalue weighted by Crippen LogP contribution is 2.29. The quantitative estimate of drug-likeness (QED) is 0.918. The van der Waals surface area contributed by atoms with E-state index in [9.17, 15) is 5.26 Å². The molecule has 0 spiro atoms. The summed E-state index contributed by atoms with van der Waals surface area (Å²) in [6.45, 7) is 3.85. The van der Waals surface area contributed by atoms with E-state index in [4.69, 9.17) is 10.7 Å². The Bertz CT molecular complexity index is 689. The predicted octanol–water partition coefficient (Wildman–Crippen LogP) is 2.67. The van der Waals surface area contributed by atoms with Gasteiger partial charge in [-0.25, -0.2) is 4.98 Å². The summed E-state index contributed by atoms with van der Waals surface area (Å²) in [5, 5.41) is 10.3. The summed E-state index contributed by atoms with van der Waals surface area (Å²) in [5.41, 5.74) is 7.41. The van der Waals surface area contributed by atoms with Crippen LogP contribution in [-0.2, 0) is 0 Å². The average molecular weight is 280 g/mol. The highest BCUT2D eigenvalue weighted by Gasteiger charge is 2.26. The van der Waals surface area contributed by atoms with Gasteiger partial charge >= 0.3 is 0 Å². The molecule has 2 aromatic rings. The van der Waals surface area contributed by atoms with Crippen molar-refractivity contribution in [3.63, 3.8) is 0 Å². The van der Waals surface area contributed by atoms with E-state index in [-0.39, 0.29) is 0 Å². The largest absolute Gasteiger partial charge is 0.354 e. The van der Waals surface area contributed by atoms with Crippen molar-refractivity contribution in [1.29, 1.82) is 5.26 Å². The van der Waals surface area contributed by atoms with Gasteiger partial charge in [-0.3, -0.25) is 0 Å². The van der Waals surface area contributed by atoms with Crippen molar-refractivity contribution in [1.82, 2.24) is 4.98 Å². The summed E-state index contributed by atoms with van der Waals surface area (Å²) < 4.78 is 0. The zero-order valence-electron chi connectivity index (χ0n) is 12.3. The topological polar surface area (TPSA) is 65.9 Å². The Hall–Kier alpha value is -2.12. The van der Waals surface area contributed by atoms with Crippen LogP contribution in [0.25, 0.3) is 10.9 Å². The molecular formula is C17H20N4. The fraction of sp³-hybridized carbons (Fsp3) is 0.412. The third-order valence-corrected chi connectivity index (χ3v) is 4.43. The molecule has 2 unspecified atom stereocenters. The smallest absolute Gasteiger partial charge is 0.130 e. The normalized spacial score (nSPS) is 22.2. The number of nitriles is 1. The number of fused-ring (bicyclic) bond motifs is 1. The van der Waals surface area contributed by atoms with Crippen molar-refractivity contribution in [3.05, 3.63) is 35.9 Å². The number of hydrogen-bond acceptors (Lipinski definition) is 4. The van der Waals surface area contributed by atoms with Crippen LogP contribution in [0.1, 0.15) is 25.3 Å². The van der Waals surface area contributed by atoms with Crippen LogP contribution in [0.5, 0.6) is 0 Å². The van der Waals surface area contributed by atoms with Crippen LogP contribution in [0.4, 0.5) is 5.82 Å². The maximum absolute atomic E-state index is 9.41. The van der Waals surface area contributed by atoms with Crippen LogP contribution in [0, 0.1) is 17.2 Å². The molecule has 0 amide bonds. The molecule has 4 nitrogen and oxygen atoms in total. The summed E-state index contributed by atoms with van der Waals surface area (Å²) >= 11 is 0. The second kappa shape index (κ2) is 5.71. The van der Waals surface area contributed by atoms with Crippen molar-refractivity contribution in [2.75, 3.05) is 18.0 Å². The molecule has 21 heavy (non-hydrogen) atoms. The molecule has 0 radical (unpaired) electrons. The molecule has 1 aliphatic rings. The Labute approximate surface area is 125 Å². The lowest BCUT2D eigenvalue weighted by atomic mass is 9.93. The summed E-state index contributed by atoms with van der Waals surface area (Å²) in [6, 6.07) is 12.5. The third kappa shape index (κ3) is 2.57. The van der Waals surface area contributed by atoms with Gasteiger partial charge in [0.1, 0.15) is 5.82 Å². The molecule has 1 aromatic carbocycles. The third-order valence-electron chi connectivity index (χ3n) is 4.43. The molecule has 3 rings (SSSR count). The number of nitrogens with two attached hydrogens (primary N) is 1. The Morgan fingerprint density at radius 3 is 2.95 bits per heavy atom. The summed E-state index contributed by atoms with van der Waals surface area (Å²) in [4.78, 5) is 7.06. The first-order valence-electron chi connectivity index (χ1n) is 7.49. The van der Waals surface area contributed by atoms with Crippen LogP contribution in [0.15, 0.2) is 30.3 Å². The zero-order valence-corrected chi connectivity index (χ0v) is 12.3. The van der Waals surface area contributed by atoms with E-state index in [0.717, 1.165) is 29.7 Å². The lowest BCUT2D eigenvalue weighted by Gasteiger charge is -2.38. The zero-order chi connectivity index (χ0) is 14.8. The van der Waals surface area contributed by atoms with Gasteiger partial charge in [0.2, 0.25) is 0 Å². The van der Waals surface area contributed by atoms with Crippen molar-refractivity contribution >= 4 is 16.7 Å². The van der Waals surface area contributed by atoms with Gasteiger partial charge in [0, 0.05) is 18.0 Å². The highest BCUT2D eigenvalue weighted by atomic mass is 15.2. The lowest BCUT2D eigenvalue weighted by Crippen LogP contribution is -2.44. The van der Waals surface area contributed by atoms with E-state index in [1.807, 2.05) is 30.3 Å². The minimum absolute atomic E-state index is 0.438. The molecule has 2 atom stereocenters. The first-order chi connectivity index (χ1) is 10.2. The second-order valence-electron chi connectivity index (χ2n) is 5.84. The molecular weight excluding hydrogens is 260 g/mol. The summed E-state index contributed by atoms with van der Waals surface area (Å²) in [5.74, 6) is 1.41. The molecule has 1 fully saturated rings. The number of anilines is 1. The van der Waals surface area contributed by atoms with E-state index >= 15 is 0 Å². The first kappa shape index (κ1) is 13.8.